The number of methoxy groups -OCH3 is 1. The van der Waals surface area contributed by atoms with Crippen molar-refractivity contribution >= 4 is 52.9 Å². The summed E-state index contributed by atoms with van der Waals surface area (Å²) in [6.45, 7) is 8.31. The summed E-state index contributed by atoms with van der Waals surface area (Å²) in [5.74, 6) is -3.78. The number of amides is 1. The Balaban J connectivity index is 3.18. The maximum Gasteiger partial charge on any atom is 0.408 e. The van der Waals surface area contributed by atoms with Gasteiger partial charge in [-0.3, -0.25) is 19.2 Å². The van der Waals surface area contributed by atoms with Gasteiger partial charge >= 0.3 is 30.0 Å². The summed E-state index contributed by atoms with van der Waals surface area (Å²) >= 11 is 0.574. The van der Waals surface area contributed by atoms with Gasteiger partial charge < -0.3 is 29.0 Å². The minimum atomic E-state index is -1.24. The smallest absolute Gasteiger partial charge is 0.408 e. The molecule has 1 aromatic rings. The van der Waals surface area contributed by atoms with E-state index < -0.39 is 52.5 Å². The number of benzene rings is 1. The van der Waals surface area contributed by atoms with Gasteiger partial charge in [0.2, 0.25) is 0 Å². The van der Waals surface area contributed by atoms with E-state index in [9.17, 15) is 28.8 Å². The molecule has 0 saturated carbocycles. The third kappa shape index (κ3) is 12.1. The van der Waals surface area contributed by atoms with Crippen LogP contribution in [0.1, 0.15) is 47.1 Å². The van der Waals surface area contributed by atoms with Crippen LogP contribution < -0.4 is 14.8 Å². The average Bonchev–Trinajstić information content (AvgIpc) is 2.74. The number of nitrogens with one attached hydrogen (secondary N) is 1. The Bertz CT molecular complexity index is 1090. The molecule has 0 aliphatic rings. The molecular weight excluding hydrogens is 510 g/mol. The highest BCUT2D eigenvalue weighted by atomic mass is 32.2. The molecule has 0 saturated heterocycles. The molecule has 0 aliphatic carbocycles. The molecule has 13 heteroatoms. The van der Waals surface area contributed by atoms with E-state index in [2.05, 4.69) is 10.1 Å². The number of carbonyl (C=O) groups is 6. The normalized spacial score (nSPS) is 12.0. The third-order valence-corrected chi connectivity index (χ3v) is 4.75. The van der Waals surface area contributed by atoms with Gasteiger partial charge in [-0.25, -0.2) is 9.59 Å². The van der Waals surface area contributed by atoms with Crippen LogP contribution in [0.2, 0.25) is 0 Å². The minimum absolute atomic E-state index is 0.0382. The largest absolute Gasteiger partial charge is 0.467 e. The summed E-state index contributed by atoms with van der Waals surface area (Å²) in [7, 11) is 1.11. The van der Waals surface area contributed by atoms with Crippen LogP contribution in [0.25, 0.3) is 6.08 Å². The molecule has 0 aromatic heterocycles. The predicted molar refractivity (Wildman–Crippen MR) is 131 cm³/mol. The molecule has 1 N–H and O–H groups in total. The standard InChI is InChI=1S/C24H29NO11S/c1-13(26)33-18-9-8-16(10-19(18)34-14(2)27)11-20(35-15(3)28)22(30)37-12-17(21(29)32-7)25-23(31)36-24(4,5)6/h8-11,17H,12H2,1-7H3,(H,25,31)/b20-11-/t17-/m0/s1. The first-order valence-corrected chi connectivity index (χ1v) is 11.7. The SMILES string of the molecule is COC(=O)[C@H](CSC(=O)/C(=C/c1ccc(OC(C)=O)c(OC(C)=O)c1)OC(C)=O)NC(=O)OC(C)(C)C. The van der Waals surface area contributed by atoms with E-state index in [4.69, 9.17) is 18.9 Å². The molecule has 0 heterocycles. The highest BCUT2D eigenvalue weighted by molar-refractivity contribution is 8.14. The topological polar surface area (TPSA) is 161 Å². The van der Waals surface area contributed by atoms with Gasteiger partial charge in [-0.1, -0.05) is 17.8 Å². The molecule has 1 atom stereocenters. The summed E-state index contributed by atoms with van der Waals surface area (Å²) < 4.78 is 24.9. The van der Waals surface area contributed by atoms with Gasteiger partial charge in [0.1, 0.15) is 11.6 Å². The molecule has 0 aliphatic heterocycles. The lowest BCUT2D eigenvalue weighted by Crippen LogP contribution is -2.45. The van der Waals surface area contributed by atoms with E-state index in [-0.39, 0.29) is 22.8 Å². The van der Waals surface area contributed by atoms with Gasteiger partial charge in [-0.2, -0.15) is 0 Å². The fourth-order valence-corrected chi connectivity index (χ4v) is 3.30. The fourth-order valence-electron chi connectivity index (χ4n) is 2.52. The van der Waals surface area contributed by atoms with Crippen molar-refractivity contribution in [2.24, 2.45) is 0 Å². The summed E-state index contributed by atoms with van der Waals surface area (Å²) in [5.41, 5.74) is -0.566. The van der Waals surface area contributed by atoms with Crippen LogP contribution in [0.15, 0.2) is 24.0 Å². The van der Waals surface area contributed by atoms with E-state index >= 15 is 0 Å². The molecule has 0 unspecified atom stereocenters. The molecule has 0 fully saturated rings. The molecule has 202 valence electrons. The van der Waals surface area contributed by atoms with Crippen LogP contribution in [0.4, 0.5) is 4.79 Å². The van der Waals surface area contributed by atoms with Crippen molar-refractivity contribution in [1.29, 1.82) is 0 Å². The summed E-state index contributed by atoms with van der Waals surface area (Å²) in [6, 6.07) is 2.80. The monoisotopic (exact) mass is 539 g/mol. The molecule has 12 nitrogen and oxygen atoms in total. The second-order valence-electron chi connectivity index (χ2n) is 8.32. The maximum atomic E-state index is 12.9. The number of hydrogen-bond acceptors (Lipinski definition) is 12. The average molecular weight is 540 g/mol. The second kappa shape index (κ2) is 14.0. The number of carbonyl (C=O) groups excluding carboxylic acids is 6. The molecule has 37 heavy (non-hydrogen) atoms. The van der Waals surface area contributed by atoms with E-state index in [1.807, 2.05) is 0 Å². The first-order chi connectivity index (χ1) is 17.1. The Labute approximate surface area is 218 Å². The third-order valence-electron chi connectivity index (χ3n) is 3.79. The zero-order chi connectivity index (χ0) is 28.3. The lowest BCUT2D eigenvalue weighted by atomic mass is 10.2. The Morgan fingerprint density at radius 1 is 0.946 bits per heavy atom. The van der Waals surface area contributed by atoms with Crippen molar-refractivity contribution in [3.8, 4) is 11.5 Å². The van der Waals surface area contributed by atoms with Crippen molar-refractivity contribution in [3.63, 3.8) is 0 Å². The van der Waals surface area contributed by atoms with Crippen molar-refractivity contribution in [1.82, 2.24) is 5.32 Å². The van der Waals surface area contributed by atoms with Crippen LogP contribution in [0.5, 0.6) is 11.5 Å². The van der Waals surface area contributed by atoms with Crippen molar-refractivity contribution < 1.29 is 52.5 Å². The summed E-state index contributed by atoms with van der Waals surface area (Å²) in [5, 5.41) is 1.57. The maximum absolute atomic E-state index is 12.9. The highest BCUT2D eigenvalue weighted by Crippen LogP contribution is 2.30. The number of hydrogen-bond donors (Lipinski definition) is 1. The molecule has 1 rings (SSSR count). The summed E-state index contributed by atoms with van der Waals surface area (Å²) in [6.07, 6.45) is 0.299. The Kier molecular flexibility index (Phi) is 11.8. The minimum Gasteiger partial charge on any atom is -0.467 e. The van der Waals surface area contributed by atoms with E-state index in [0.29, 0.717) is 11.8 Å². The lowest BCUT2D eigenvalue weighted by molar-refractivity contribution is -0.142. The van der Waals surface area contributed by atoms with Crippen molar-refractivity contribution in [2.75, 3.05) is 12.9 Å². The van der Waals surface area contributed by atoms with Crippen LogP contribution in [-0.4, -0.2) is 59.6 Å². The van der Waals surface area contributed by atoms with Gasteiger partial charge in [0.25, 0.3) is 5.12 Å². The number of thioether (sulfide) groups is 1. The van der Waals surface area contributed by atoms with E-state index in [1.54, 1.807) is 20.8 Å². The summed E-state index contributed by atoms with van der Waals surface area (Å²) in [4.78, 5) is 71.4. The molecule has 0 radical (unpaired) electrons. The Hall–Kier alpha value is -3.87. The number of rotatable bonds is 9. The van der Waals surface area contributed by atoms with Crippen LogP contribution >= 0.6 is 11.8 Å². The van der Waals surface area contributed by atoms with Gasteiger partial charge in [-0.05, 0) is 44.5 Å². The van der Waals surface area contributed by atoms with Gasteiger partial charge in [-0.15, -0.1) is 0 Å². The Morgan fingerprint density at radius 2 is 1.54 bits per heavy atom. The number of alkyl carbamates (subject to hydrolysis) is 1. The number of esters is 4. The Morgan fingerprint density at radius 3 is 2.05 bits per heavy atom. The first kappa shape index (κ1) is 31.2. The van der Waals surface area contributed by atoms with E-state index in [0.717, 1.165) is 21.0 Å². The molecule has 1 amide bonds. The fraction of sp³-hybridized carbons (Fsp3) is 0.417. The second-order valence-corrected chi connectivity index (χ2v) is 9.31. The van der Waals surface area contributed by atoms with Gasteiger partial charge in [0, 0.05) is 26.5 Å². The van der Waals surface area contributed by atoms with Gasteiger partial charge in [0.15, 0.2) is 17.3 Å². The van der Waals surface area contributed by atoms with Crippen LogP contribution in [-0.2, 0) is 38.2 Å². The molecule has 0 bridgehead atoms. The first-order valence-electron chi connectivity index (χ1n) is 10.8. The number of ether oxygens (including phenoxy) is 5. The predicted octanol–water partition coefficient (Wildman–Crippen LogP) is 2.77. The van der Waals surface area contributed by atoms with E-state index in [1.165, 1.54) is 31.2 Å². The van der Waals surface area contributed by atoms with Crippen LogP contribution in [0.3, 0.4) is 0 Å². The highest BCUT2D eigenvalue weighted by Gasteiger charge is 2.27. The quantitative estimate of drug-likeness (QED) is 0.161. The van der Waals surface area contributed by atoms with Crippen molar-refractivity contribution in [3.05, 3.63) is 29.5 Å². The zero-order valence-electron chi connectivity index (χ0n) is 21.5. The lowest BCUT2D eigenvalue weighted by Gasteiger charge is -2.22. The van der Waals surface area contributed by atoms with Gasteiger partial charge in [0.05, 0.1) is 7.11 Å². The molecule has 1 aromatic carbocycles. The van der Waals surface area contributed by atoms with Crippen LogP contribution in [0, 0.1) is 0 Å². The molecule has 0 spiro atoms. The molecular formula is C24H29NO11S. The van der Waals surface area contributed by atoms with Crippen molar-refractivity contribution in [2.45, 2.75) is 53.2 Å². The zero-order valence-corrected chi connectivity index (χ0v) is 22.3.